The maximum atomic E-state index is 13.5. The fourth-order valence-electron chi connectivity index (χ4n) is 3.87. The second kappa shape index (κ2) is 7.48. The number of aryl methyl sites for hydroxylation is 1. The number of hydrogen-bond acceptors (Lipinski definition) is 4. The Kier molecular flexibility index (Phi) is 5.44. The zero-order chi connectivity index (χ0) is 19.8. The standard InChI is InChI=1S/C19H24F3N3O2/c1-4-12(5-2)18(26)25-8-6-13(7-9-25)16-15-14(19(20,21)22)10-11(3)23-17(15)27-24-16/h10,12-13H,4-9H2,1-3H3. The third-order valence-electron chi connectivity index (χ3n) is 5.43. The van der Waals surface area contributed by atoms with Gasteiger partial charge < -0.3 is 9.42 Å². The topological polar surface area (TPSA) is 59.2 Å². The fraction of sp³-hybridized carbons (Fsp3) is 0.632. The minimum absolute atomic E-state index is 0.0124. The summed E-state index contributed by atoms with van der Waals surface area (Å²) in [5.74, 6) is -0.0298. The van der Waals surface area contributed by atoms with Gasteiger partial charge in [0.1, 0.15) is 0 Å². The summed E-state index contributed by atoms with van der Waals surface area (Å²) in [6.07, 6.45) is -1.78. The van der Waals surface area contributed by atoms with Crippen LogP contribution in [0.2, 0.25) is 0 Å². The number of aromatic nitrogens is 2. The van der Waals surface area contributed by atoms with E-state index in [1.165, 1.54) is 6.92 Å². The van der Waals surface area contributed by atoms with Crippen LogP contribution in [0.5, 0.6) is 0 Å². The molecule has 0 spiro atoms. The van der Waals surface area contributed by atoms with E-state index < -0.39 is 11.7 Å². The summed E-state index contributed by atoms with van der Waals surface area (Å²) in [6, 6.07) is 1.04. The Balaban J connectivity index is 1.85. The molecule has 1 fully saturated rings. The SMILES string of the molecule is CCC(CC)C(=O)N1CCC(c2noc3nc(C)cc(C(F)(F)F)c23)CC1. The summed E-state index contributed by atoms with van der Waals surface area (Å²) >= 11 is 0. The number of nitrogens with zero attached hydrogens (tertiary/aromatic N) is 3. The molecule has 0 atom stereocenters. The van der Waals surface area contributed by atoms with Crippen molar-refractivity contribution in [2.45, 2.75) is 58.5 Å². The van der Waals surface area contributed by atoms with E-state index in [1.54, 1.807) is 0 Å². The molecule has 0 aliphatic carbocycles. The van der Waals surface area contributed by atoms with Crippen LogP contribution >= 0.6 is 0 Å². The molecule has 1 saturated heterocycles. The van der Waals surface area contributed by atoms with Gasteiger partial charge in [0.25, 0.3) is 5.71 Å². The highest BCUT2D eigenvalue weighted by molar-refractivity contribution is 5.82. The van der Waals surface area contributed by atoms with Crippen LogP contribution in [-0.4, -0.2) is 34.0 Å². The predicted octanol–water partition coefficient (Wildman–Crippen LogP) is 4.69. The summed E-state index contributed by atoms with van der Waals surface area (Å²) in [5, 5.41) is 3.89. The van der Waals surface area contributed by atoms with Crippen molar-refractivity contribution in [3.8, 4) is 0 Å². The minimum Gasteiger partial charge on any atom is -0.342 e. The van der Waals surface area contributed by atoms with Gasteiger partial charge in [0, 0.05) is 30.6 Å². The van der Waals surface area contributed by atoms with Crippen molar-refractivity contribution in [3.05, 3.63) is 23.0 Å². The van der Waals surface area contributed by atoms with Crippen LogP contribution in [-0.2, 0) is 11.0 Å². The first-order chi connectivity index (χ1) is 12.8. The first kappa shape index (κ1) is 19.6. The van der Waals surface area contributed by atoms with Crippen LogP contribution in [0.3, 0.4) is 0 Å². The highest BCUT2D eigenvalue weighted by atomic mass is 19.4. The molecule has 1 amide bonds. The molecule has 148 valence electrons. The summed E-state index contributed by atoms with van der Waals surface area (Å²) in [5.41, 5.74) is -0.285. The average Bonchev–Trinajstić information content (AvgIpc) is 3.04. The molecule has 3 rings (SSSR count). The number of alkyl halides is 3. The van der Waals surface area contributed by atoms with Crippen LogP contribution in [0, 0.1) is 12.8 Å². The van der Waals surface area contributed by atoms with E-state index in [1.807, 2.05) is 18.7 Å². The maximum Gasteiger partial charge on any atom is 0.417 e. The number of piperidine rings is 1. The van der Waals surface area contributed by atoms with E-state index in [9.17, 15) is 18.0 Å². The number of pyridine rings is 1. The van der Waals surface area contributed by atoms with Gasteiger partial charge in [0.05, 0.1) is 16.6 Å². The molecular formula is C19H24F3N3O2. The number of carbonyl (C=O) groups excluding carboxylic acids is 1. The quantitative estimate of drug-likeness (QED) is 0.768. The number of fused-ring (bicyclic) bond motifs is 1. The molecular weight excluding hydrogens is 359 g/mol. The van der Waals surface area contributed by atoms with Crippen molar-refractivity contribution in [1.29, 1.82) is 0 Å². The van der Waals surface area contributed by atoms with Crippen molar-refractivity contribution >= 4 is 17.0 Å². The molecule has 2 aromatic rings. The Morgan fingerprint density at radius 1 is 1.30 bits per heavy atom. The van der Waals surface area contributed by atoms with Crippen LogP contribution < -0.4 is 0 Å². The largest absolute Gasteiger partial charge is 0.417 e. The first-order valence-corrected chi connectivity index (χ1v) is 9.39. The lowest BCUT2D eigenvalue weighted by Gasteiger charge is -2.33. The molecule has 2 aromatic heterocycles. The van der Waals surface area contributed by atoms with Gasteiger partial charge in [-0.1, -0.05) is 19.0 Å². The summed E-state index contributed by atoms with van der Waals surface area (Å²) in [7, 11) is 0. The van der Waals surface area contributed by atoms with E-state index in [-0.39, 0.29) is 34.5 Å². The molecule has 0 radical (unpaired) electrons. The Morgan fingerprint density at radius 3 is 2.48 bits per heavy atom. The van der Waals surface area contributed by atoms with E-state index in [4.69, 9.17) is 4.52 Å². The number of amides is 1. The van der Waals surface area contributed by atoms with Gasteiger partial charge in [-0.05, 0) is 38.7 Å². The van der Waals surface area contributed by atoms with Crippen molar-refractivity contribution in [3.63, 3.8) is 0 Å². The van der Waals surface area contributed by atoms with Crippen LogP contribution in [0.4, 0.5) is 13.2 Å². The van der Waals surface area contributed by atoms with Gasteiger partial charge in [-0.25, -0.2) is 4.98 Å². The highest BCUT2D eigenvalue weighted by Crippen LogP contribution is 2.40. The molecule has 1 aliphatic heterocycles. The molecule has 0 N–H and O–H groups in total. The van der Waals surface area contributed by atoms with Crippen LogP contribution in [0.25, 0.3) is 11.1 Å². The van der Waals surface area contributed by atoms with Gasteiger partial charge in [-0.2, -0.15) is 13.2 Å². The molecule has 5 nitrogen and oxygen atoms in total. The maximum absolute atomic E-state index is 13.5. The highest BCUT2D eigenvalue weighted by Gasteiger charge is 2.38. The normalized spacial score (nSPS) is 16.5. The Morgan fingerprint density at radius 2 is 1.93 bits per heavy atom. The lowest BCUT2D eigenvalue weighted by atomic mass is 9.89. The molecule has 0 saturated carbocycles. The van der Waals surface area contributed by atoms with Gasteiger partial charge in [-0.15, -0.1) is 0 Å². The van der Waals surface area contributed by atoms with Crippen molar-refractivity contribution < 1.29 is 22.5 Å². The van der Waals surface area contributed by atoms with E-state index in [0.717, 1.165) is 18.9 Å². The third-order valence-corrected chi connectivity index (χ3v) is 5.43. The van der Waals surface area contributed by atoms with Crippen LogP contribution in [0.1, 0.15) is 62.4 Å². The molecule has 8 heteroatoms. The predicted molar refractivity (Wildman–Crippen MR) is 94.2 cm³/mol. The van der Waals surface area contributed by atoms with Gasteiger partial charge in [-0.3, -0.25) is 4.79 Å². The number of hydrogen-bond donors (Lipinski definition) is 0. The van der Waals surface area contributed by atoms with Gasteiger partial charge in [0.2, 0.25) is 5.91 Å². The second-order valence-electron chi connectivity index (χ2n) is 7.17. The number of rotatable bonds is 4. The molecule has 27 heavy (non-hydrogen) atoms. The van der Waals surface area contributed by atoms with E-state index >= 15 is 0 Å². The summed E-state index contributed by atoms with van der Waals surface area (Å²) in [6.45, 7) is 6.53. The second-order valence-corrected chi connectivity index (χ2v) is 7.17. The fourth-order valence-corrected chi connectivity index (χ4v) is 3.87. The Labute approximate surface area is 155 Å². The molecule has 0 aromatic carbocycles. The lowest BCUT2D eigenvalue weighted by Crippen LogP contribution is -2.41. The van der Waals surface area contributed by atoms with Crippen LogP contribution in [0.15, 0.2) is 10.6 Å². The van der Waals surface area contributed by atoms with Gasteiger partial charge in [0.15, 0.2) is 0 Å². The number of likely N-dealkylation sites (tertiary alicyclic amines) is 1. The average molecular weight is 383 g/mol. The molecule has 3 heterocycles. The Hall–Kier alpha value is -2.12. The summed E-state index contributed by atoms with van der Waals surface area (Å²) < 4.78 is 45.6. The molecule has 0 unspecified atom stereocenters. The number of carbonyl (C=O) groups is 1. The minimum atomic E-state index is -4.50. The monoisotopic (exact) mass is 383 g/mol. The van der Waals surface area contributed by atoms with Gasteiger partial charge >= 0.3 is 6.18 Å². The Bertz CT molecular complexity index is 819. The zero-order valence-corrected chi connectivity index (χ0v) is 15.8. The first-order valence-electron chi connectivity index (χ1n) is 9.39. The zero-order valence-electron chi connectivity index (χ0n) is 15.8. The van der Waals surface area contributed by atoms with E-state index in [0.29, 0.717) is 31.6 Å². The summed E-state index contributed by atoms with van der Waals surface area (Å²) in [4.78, 5) is 18.4. The molecule has 0 bridgehead atoms. The van der Waals surface area contributed by atoms with Crippen molar-refractivity contribution in [1.82, 2.24) is 15.0 Å². The van der Waals surface area contributed by atoms with Crippen molar-refractivity contribution in [2.24, 2.45) is 5.92 Å². The smallest absolute Gasteiger partial charge is 0.342 e. The third kappa shape index (κ3) is 3.80. The number of halogens is 3. The van der Waals surface area contributed by atoms with Crippen molar-refractivity contribution in [2.75, 3.05) is 13.1 Å². The van der Waals surface area contributed by atoms with E-state index in [2.05, 4.69) is 10.1 Å². The lowest BCUT2D eigenvalue weighted by molar-refractivity contribution is -0.137. The molecule has 1 aliphatic rings.